The Balaban J connectivity index is 2.49. The molecule has 17 heavy (non-hydrogen) atoms. The summed E-state index contributed by atoms with van der Waals surface area (Å²) in [7, 11) is 1.34. The molecule has 0 amide bonds. The number of phenols is 1. The van der Waals surface area contributed by atoms with Crippen LogP contribution in [0.15, 0.2) is 12.1 Å². The molecule has 0 saturated carbocycles. The zero-order valence-corrected chi connectivity index (χ0v) is 10.8. The van der Waals surface area contributed by atoms with E-state index in [1.165, 1.54) is 13.2 Å². The van der Waals surface area contributed by atoms with Gasteiger partial charge in [0.2, 0.25) is 0 Å². The Morgan fingerprint density at radius 3 is 2.82 bits per heavy atom. The molecule has 0 unspecified atom stereocenters. The minimum absolute atomic E-state index is 0.00151. The summed E-state index contributed by atoms with van der Waals surface area (Å²) in [5.41, 5.74) is 0.590. The van der Waals surface area contributed by atoms with E-state index in [-0.39, 0.29) is 23.2 Å². The van der Waals surface area contributed by atoms with Crippen LogP contribution in [0.2, 0.25) is 10.0 Å². The quantitative estimate of drug-likeness (QED) is 0.641. The molecule has 0 spiro atoms. The van der Waals surface area contributed by atoms with Crippen LogP contribution in [0.25, 0.3) is 0 Å². The standard InChI is InChI=1S/C11H13Cl2NO3/c1-17-10(15)2-3-14-6-7-4-8(12)5-9(13)11(7)16/h4-5,14,16H,2-3,6H2,1H3. The van der Waals surface area contributed by atoms with Gasteiger partial charge in [0.05, 0.1) is 18.6 Å². The minimum atomic E-state index is -0.286. The Kier molecular flexibility index (Phi) is 5.55. The highest BCUT2D eigenvalue weighted by Crippen LogP contribution is 2.30. The molecule has 0 fully saturated rings. The van der Waals surface area contributed by atoms with Crippen LogP contribution in [0.4, 0.5) is 0 Å². The average Bonchev–Trinajstić information content (AvgIpc) is 2.30. The SMILES string of the molecule is COC(=O)CCNCc1cc(Cl)cc(Cl)c1O. The molecule has 0 aliphatic heterocycles. The van der Waals surface area contributed by atoms with Gasteiger partial charge in [0, 0.05) is 23.7 Å². The second kappa shape index (κ2) is 6.69. The molecule has 1 aromatic carbocycles. The van der Waals surface area contributed by atoms with E-state index in [1.54, 1.807) is 6.07 Å². The van der Waals surface area contributed by atoms with Crippen molar-refractivity contribution < 1.29 is 14.6 Å². The van der Waals surface area contributed by atoms with Crippen molar-refractivity contribution in [2.75, 3.05) is 13.7 Å². The van der Waals surface area contributed by atoms with Gasteiger partial charge in [0.15, 0.2) is 0 Å². The number of esters is 1. The fraction of sp³-hybridized carbons (Fsp3) is 0.364. The number of phenolic OH excluding ortho intramolecular Hbond substituents is 1. The third-order valence-electron chi connectivity index (χ3n) is 2.16. The zero-order chi connectivity index (χ0) is 12.8. The molecule has 0 saturated heterocycles. The van der Waals surface area contributed by atoms with Crippen LogP contribution in [-0.4, -0.2) is 24.7 Å². The largest absolute Gasteiger partial charge is 0.506 e. The molecule has 0 aliphatic carbocycles. The minimum Gasteiger partial charge on any atom is -0.506 e. The van der Waals surface area contributed by atoms with Crippen LogP contribution in [0.3, 0.4) is 0 Å². The van der Waals surface area contributed by atoms with E-state index in [4.69, 9.17) is 23.2 Å². The summed E-state index contributed by atoms with van der Waals surface area (Å²) in [6.07, 6.45) is 0.269. The van der Waals surface area contributed by atoms with Crippen molar-refractivity contribution >= 4 is 29.2 Å². The van der Waals surface area contributed by atoms with E-state index in [0.717, 1.165) is 0 Å². The molecule has 0 aromatic heterocycles. The number of carbonyl (C=O) groups excluding carboxylic acids is 1. The summed E-state index contributed by atoms with van der Waals surface area (Å²) >= 11 is 11.6. The Morgan fingerprint density at radius 2 is 2.18 bits per heavy atom. The van der Waals surface area contributed by atoms with Gasteiger partial charge in [-0.3, -0.25) is 4.79 Å². The Morgan fingerprint density at radius 1 is 1.47 bits per heavy atom. The summed E-state index contributed by atoms with van der Waals surface area (Å²) in [6.45, 7) is 0.833. The van der Waals surface area contributed by atoms with Crippen LogP contribution in [0.1, 0.15) is 12.0 Å². The number of hydrogen-bond donors (Lipinski definition) is 2. The Labute approximate surface area is 109 Å². The average molecular weight is 278 g/mol. The highest BCUT2D eigenvalue weighted by Gasteiger charge is 2.07. The first-order valence-electron chi connectivity index (χ1n) is 4.99. The van der Waals surface area contributed by atoms with Gasteiger partial charge >= 0.3 is 5.97 Å². The number of nitrogens with one attached hydrogen (secondary N) is 1. The molecule has 94 valence electrons. The topological polar surface area (TPSA) is 58.6 Å². The summed E-state index contributed by atoms with van der Waals surface area (Å²) < 4.78 is 4.49. The highest BCUT2D eigenvalue weighted by atomic mass is 35.5. The smallest absolute Gasteiger partial charge is 0.306 e. The summed E-state index contributed by atoms with van der Waals surface area (Å²) in [5.74, 6) is -0.285. The molecular formula is C11H13Cl2NO3. The fourth-order valence-corrected chi connectivity index (χ4v) is 1.81. The number of hydrogen-bond acceptors (Lipinski definition) is 4. The number of carbonyl (C=O) groups is 1. The molecule has 0 heterocycles. The van der Waals surface area contributed by atoms with Crippen molar-refractivity contribution in [1.29, 1.82) is 0 Å². The second-order valence-corrected chi connectivity index (χ2v) is 4.24. The van der Waals surface area contributed by atoms with Crippen molar-refractivity contribution in [3.05, 3.63) is 27.7 Å². The molecule has 0 aliphatic rings. The summed E-state index contributed by atoms with van der Waals surface area (Å²) in [6, 6.07) is 3.09. The Bertz CT molecular complexity index is 410. The van der Waals surface area contributed by atoms with Crippen LogP contribution < -0.4 is 5.32 Å². The van der Waals surface area contributed by atoms with Crippen molar-refractivity contribution in [1.82, 2.24) is 5.32 Å². The van der Waals surface area contributed by atoms with E-state index in [9.17, 15) is 9.90 Å². The lowest BCUT2D eigenvalue weighted by Crippen LogP contribution is -2.18. The molecule has 0 atom stereocenters. The lowest BCUT2D eigenvalue weighted by Gasteiger charge is -2.08. The van der Waals surface area contributed by atoms with Gasteiger partial charge in [-0.1, -0.05) is 23.2 Å². The van der Waals surface area contributed by atoms with Gasteiger partial charge < -0.3 is 15.2 Å². The number of halogens is 2. The van der Waals surface area contributed by atoms with Gasteiger partial charge in [-0.2, -0.15) is 0 Å². The number of rotatable bonds is 5. The molecule has 4 nitrogen and oxygen atoms in total. The van der Waals surface area contributed by atoms with E-state index < -0.39 is 0 Å². The Hall–Kier alpha value is -0.970. The third kappa shape index (κ3) is 4.42. The van der Waals surface area contributed by atoms with E-state index in [0.29, 0.717) is 23.7 Å². The lowest BCUT2D eigenvalue weighted by molar-refractivity contribution is -0.140. The van der Waals surface area contributed by atoms with Crippen molar-refractivity contribution in [3.63, 3.8) is 0 Å². The first-order chi connectivity index (χ1) is 8.04. The maximum absolute atomic E-state index is 10.8. The number of benzene rings is 1. The zero-order valence-electron chi connectivity index (χ0n) is 9.30. The molecule has 6 heteroatoms. The molecule has 0 bridgehead atoms. The van der Waals surface area contributed by atoms with Gasteiger partial charge in [0.1, 0.15) is 5.75 Å². The van der Waals surface area contributed by atoms with E-state index in [2.05, 4.69) is 10.1 Å². The van der Waals surface area contributed by atoms with E-state index >= 15 is 0 Å². The van der Waals surface area contributed by atoms with Crippen molar-refractivity contribution in [2.45, 2.75) is 13.0 Å². The first-order valence-corrected chi connectivity index (χ1v) is 5.74. The number of ether oxygens (including phenoxy) is 1. The monoisotopic (exact) mass is 277 g/mol. The number of methoxy groups -OCH3 is 1. The second-order valence-electron chi connectivity index (χ2n) is 3.40. The van der Waals surface area contributed by atoms with Crippen LogP contribution in [0.5, 0.6) is 5.75 Å². The molecule has 2 N–H and O–H groups in total. The van der Waals surface area contributed by atoms with E-state index in [1.807, 2.05) is 0 Å². The predicted molar refractivity (Wildman–Crippen MR) is 66.5 cm³/mol. The molecule has 1 rings (SSSR count). The molecular weight excluding hydrogens is 265 g/mol. The normalized spacial score (nSPS) is 10.3. The molecule has 1 aromatic rings. The maximum Gasteiger partial charge on any atom is 0.306 e. The van der Waals surface area contributed by atoms with Crippen molar-refractivity contribution in [2.24, 2.45) is 0 Å². The highest BCUT2D eigenvalue weighted by molar-refractivity contribution is 6.35. The number of aromatic hydroxyl groups is 1. The van der Waals surface area contributed by atoms with Gasteiger partial charge in [0.25, 0.3) is 0 Å². The van der Waals surface area contributed by atoms with Gasteiger partial charge in [-0.15, -0.1) is 0 Å². The van der Waals surface area contributed by atoms with Gasteiger partial charge in [-0.05, 0) is 12.1 Å². The van der Waals surface area contributed by atoms with Crippen LogP contribution in [-0.2, 0) is 16.1 Å². The van der Waals surface area contributed by atoms with Crippen molar-refractivity contribution in [3.8, 4) is 5.75 Å². The van der Waals surface area contributed by atoms with Crippen LogP contribution >= 0.6 is 23.2 Å². The summed E-state index contributed by atoms with van der Waals surface area (Å²) in [4.78, 5) is 10.8. The first kappa shape index (κ1) is 14.1. The maximum atomic E-state index is 10.8. The third-order valence-corrected chi connectivity index (χ3v) is 2.66. The molecule has 0 radical (unpaired) electrons. The fourth-order valence-electron chi connectivity index (χ4n) is 1.27. The predicted octanol–water partition coefficient (Wildman–Crippen LogP) is 2.35. The van der Waals surface area contributed by atoms with Gasteiger partial charge in [-0.25, -0.2) is 0 Å². The summed E-state index contributed by atoms with van der Waals surface area (Å²) in [5, 5.41) is 13.3. The lowest BCUT2D eigenvalue weighted by atomic mass is 10.2. The van der Waals surface area contributed by atoms with Crippen LogP contribution in [0, 0.1) is 0 Å².